The number of amides is 2. The van der Waals surface area contributed by atoms with Gasteiger partial charge in [-0.25, -0.2) is 0 Å². The number of carbonyl (C=O) groups excluding carboxylic acids is 2. The van der Waals surface area contributed by atoms with Crippen LogP contribution >= 0.6 is 12.4 Å². The summed E-state index contributed by atoms with van der Waals surface area (Å²) < 4.78 is 0. The van der Waals surface area contributed by atoms with E-state index in [9.17, 15) is 9.59 Å². The van der Waals surface area contributed by atoms with Crippen molar-refractivity contribution in [2.75, 3.05) is 6.54 Å². The molecule has 5 heteroatoms. The van der Waals surface area contributed by atoms with Crippen molar-refractivity contribution >= 4 is 24.2 Å². The summed E-state index contributed by atoms with van der Waals surface area (Å²) in [6.07, 6.45) is 2.67. The molecule has 1 heterocycles. The molecule has 4 nitrogen and oxygen atoms in total. The Balaban J connectivity index is 0.00000121. The maximum atomic E-state index is 10.8. The normalized spacial score (nSPS) is 15.2. The first-order valence-corrected chi connectivity index (χ1v) is 3.50. The molecule has 1 aliphatic rings. The Kier molecular flexibility index (Phi) is 4.54. The van der Waals surface area contributed by atoms with Crippen LogP contribution in [0.1, 0.15) is 12.8 Å². The first-order chi connectivity index (χ1) is 5.24. The van der Waals surface area contributed by atoms with Crippen LogP contribution in [0.5, 0.6) is 0 Å². The molecule has 0 unspecified atom stereocenters. The molecule has 0 bridgehead atoms. The summed E-state index contributed by atoms with van der Waals surface area (Å²) in [6, 6.07) is 0. The van der Waals surface area contributed by atoms with Crippen molar-refractivity contribution in [3.8, 4) is 0 Å². The minimum absolute atomic E-state index is 0. The number of rotatable bonds is 3. The number of halogens is 1. The Bertz CT molecular complexity index is 225. The van der Waals surface area contributed by atoms with E-state index in [1.807, 2.05) is 0 Å². The minimum atomic E-state index is -0.318. The summed E-state index contributed by atoms with van der Waals surface area (Å²) >= 11 is 0. The fourth-order valence-electron chi connectivity index (χ4n) is 0.930. The highest BCUT2D eigenvalue weighted by atomic mass is 35.5. The van der Waals surface area contributed by atoms with Gasteiger partial charge in [0, 0.05) is 11.6 Å². The van der Waals surface area contributed by atoms with Crippen LogP contribution in [-0.2, 0) is 9.59 Å². The molecule has 0 saturated heterocycles. The number of carbonyl (C=O) groups is 2. The predicted molar refractivity (Wildman–Crippen MR) is 46.8 cm³/mol. The van der Waals surface area contributed by atoms with Gasteiger partial charge in [0.25, 0.3) is 11.8 Å². The van der Waals surface area contributed by atoms with E-state index < -0.39 is 0 Å². The van der Waals surface area contributed by atoms with Crippen molar-refractivity contribution in [2.45, 2.75) is 12.8 Å². The van der Waals surface area contributed by atoms with E-state index in [1.54, 1.807) is 0 Å². The fraction of sp³-hybridized carbons (Fsp3) is 0.429. The summed E-state index contributed by atoms with van der Waals surface area (Å²) in [7, 11) is 0. The maximum Gasteiger partial charge on any atom is 0.254 e. The zero-order chi connectivity index (χ0) is 8.27. The van der Waals surface area contributed by atoms with E-state index in [0.29, 0.717) is 18.5 Å². The van der Waals surface area contributed by atoms with E-state index in [2.05, 4.69) is 5.32 Å². The van der Waals surface area contributed by atoms with Gasteiger partial charge in [-0.1, -0.05) is 0 Å². The van der Waals surface area contributed by atoms with E-state index in [4.69, 9.17) is 5.73 Å². The third-order valence-electron chi connectivity index (χ3n) is 1.48. The van der Waals surface area contributed by atoms with Crippen molar-refractivity contribution in [3.63, 3.8) is 0 Å². The lowest BCUT2D eigenvalue weighted by molar-refractivity contribution is -0.123. The molecule has 3 N–H and O–H groups in total. The molecule has 0 spiro atoms. The van der Waals surface area contributed by atoms with Crippen LogP contribution in [0.4, 0.5) is 0 Å². The molecule has 0 aromatic heterocycles. The SMILES string of the molecule is Cl.NCCCC1=CC(=O)NC1=O. The summed E-state index contributed by atoms with van der Waals surface area (Å²) in [5, 5.41) is 2.16. The Morgan fingerprint density at radius 3 is 2.50 bits per heavy atom. The number of hydrogen-bond donors (Lipinski definition) is 2. The molecule has 68 valence electrons. The fourth-order valence-corrected chi connectivity index (χ4v) is 0.930. The Morgan fingerprint density at radius 1 is 1.42 bits per heavy atom. The lowest BCUT2D eigenvalue weighted by Crippen LogP contribution is -2.22. The van der Waals surface area contributed by atoms with Crippen molar-refractivity contribution in [1.82, 2.24) is 5.32 Å². The van der Waals surface area contributed by atoms with Gasteiger partial charge < -0.3 is 5.73 Å². The third kappa shape index (κ3) is 2.64. The molecule has 0 atom stereocenters. The standard InChI is InChI=1S/C7H10N2O2.ClH/c8-3-1-2-5-4-6(10)9-7(5)11;/h4H,1-3,8H2,(H,9,10,11);1H. The van der Waals surface area contributed by atoms with Crippen LogP contribution in [0.2, 0.25) is 0 Å². The van der Waals surface area contributed by atoms with E-state index in [0.717, 1.165) is 6.42 Å². The Morgan fingerprint density at radius 2 is 2.08 bits per heavy atom. The van der Waals surface area contributed by atoms with Crippen molar-refractivity contribution in [2.24, 2.45) is 5.73 Å². The van der Waals surface area contributed by atoms with Crippen molar-refractivity contribution in [1.29, 1.82) is 0 Å². The highest BCUT2D eigenvalue weighted by Gasteiger charge is 2.19. The van der Waals surface area contributed by atoms with Gasteiger partial charge in [-0.3, -0.25) is 14.9 Å². The number of nitrogens with two attached hydrogens (primary N) is 1. The van der Waals surface area contributed by atoms with Gasteiger partial charge in [0.15, 0.2) is 0 Å². The monoisotopic (exact) mass is 190 g/mol. The molecule has 0 aromatic carbocycles. The van der Waals surface area contributed by atoms with Gasteiger partial charge in [0.2, 0.25) is 0 Å². The largest absolute Gasteiger partial charge is 0.330 e. The zero-order valence-corrected chi connectivity index (χ0v) is 7.32. The highest BCUT2D eigenvalue weighted by molar-refractivity contribution is 6.16. The Hall–Kier alpha value is -0.870. The molecular formula is C7H11ClN2O2. The summed E-state index contributed by atoms with van der Waals surface area (Å²) in [6.45, 7) is 0.540. The van der Waals surface area contributed by atoms with Gasteiger partial charge in [-0.05, 0) is 19.4 Å². The topological polar surface area (TPSA) is 72.2 Å². The van der Waals surface area contributed by atoms with Crippen LogP contribution in [0.3, 0.4) is 0 Å². The first kappa shape index (κ1) is 11.1. The maximum absolute atomic E-state index is 10.8. The van der Waals surface area contributed by atoms with E-state index in [-0.39, 0.29) is 24.2 Å². The zero-order valence-electron chi connectivity index (χ0n) is 6.50. The van der Waals surface area contributed by atoms with Crippen LogP contribution in [-0.4, -0.2) is 18.4 Å². The molecule has 0 radical (unpaired) electrons. The second-order valence-corrected chi connectivity index (χ2v) is 2.38. The lowest BCUT2D eigenvalue weighted by Gasteiger charge is -1.95. The molecule has 2 amide bonds. The smallest absolute Gasteiger partial charge is 0.254 e. The second-order valence-electron chi connectivity index (χ2n) is 2.38. The minimum Gasteiger partial charge on any atom is -0.330 e. The van der Waals surface area contributed by atoms with Gasteiger partial charge in [0.05, 0.1) is 0 Å². The molecule has 0 saturated carbocycles. The molecule has 0 fully saturated rings. The number of nitrogens with one attached hydrogen (secondary N) is 1. The van der Waals surface area contributed by atoms with Crippen molar-refractivity contribution in [3.05, 3.63) is 11.6 Å². The predicted octanol–water partition coefficient (Wildman–Crippen LogP) is -0.270. The molecule has 1 rings (SSSR count). The molecule has 1 aliphatic heterocycles. The molecule has 0 aliphatic carbocycles. The third-order valence-corrected chi connectivity index (χ3v) is 1.48. The summed E-state index contributed by atoms with van der Waals surface area (Å²) in [4.78, 5) is 21.4. The van der Waals surface area contributed by atoms with E-state index in [1.165, 1.54) is 6.08 Å². The van der Waals surface area contributed by atoms with Crippen molar-refractivity contribution < 1.29 is 9.59 Å². The summed E-state index contributed by atoms with van der Waals surface area (Å²) in [5.74, 6) is -0.592. The van der Waals surface area contributed by atoms with Crippen LogP contribution in [0.15, 0.2) is 11.6 Å². The average molecular weight is 191 g/mol. The van der Waals surface area contributed by atoms with E-state index >= 15 is 0 Å². The first-order valence-electron chi connectivity index (χ1n) is 3.50. The quantitative estimate of drug-likeness (QED) is 0.602. The average Bonchev–Trinajstić information content (AvgIpc) is 2.26. The molecular weight excluding hydrogens is 180 g/mol. The Labute approximate surface area is 76.6 Å². The lowest BCUT2D eigenvalue weighted by atomic mass is 10.1. The van der Waals surface area contributed by atoms with Crippen LogP contribution in [0, 0.1) is 0 Å². The molecule has 0 aromatic rings. The van der Waals surface area contributed by atoms with Gasteiger partial charge in [-0.15, -0.1) is 12.4 Å². The van der Waals surface area contributed by atoms with Gasteiger partial charge in [0.1, 0.15) is 0 Å². The number of imide groups is 1. The molecule has 12 heavy (non-hydrogen) atoms. The van der Waals surface area contributed by atoms with Gasteiger partial charge >= 0.3 is 0 Å². The van der Waals surface area contributed by atoms with Crippen LogP contribution < -0.4 is 11.1 Å². The number of hydrogen-bond acceptors (Lipinski definition) is 3. The summed E-state index contributed by atoms with van der Waals surface area (Å²) in [5.41, 5.74) is 5.78. The van der Waals surface area contributed by atoms with Crippen LogP contribution in [0.25, 0.3) is 0 Å². The van der Waals surface area contributed by atoms with Gasteiger partial charge in [-0.2, -0.15) is 0 Å². The second kappa shape index (κ2) is 4.90. The highest BCUT2D eigenvalue weighted by Crippen LogP contribution is 2.08.